The molecule has 3 N–H and O–H groups in total. The van der Waals surface area contributed by atoms with E-state index in [2.05, 4.69) is 10.4 Å². The van der Waals surface area contributed by atoms with Gasteiger partial charge in [-0.2, -0.15) is 5.10 Å². The molecule has 5 nitrogen and oxygen atoms in total. The minimum absolute atomic E-state index is 0.133. The average molecular weight is 292 g/mol. The molecule has 2 aliphatic carbocycles. The van der Waals surface area contributed by atoms with Crippen molar-refractivity contribution in [2.45, 2.75) is 38.6 Å². The Kier molecular flexibility index (Phi) is 4.22. The Hall–Kier alpha value is -1.07. The molecule has 0 saturated heterocycles. The molecule has 0 amide bonds. The number of nitrogens with one attached hydrogen (secondary N) is 1. The maximum atomic E-state index is 6.02. The van der Waals surface area contributed by atoms with Gasteiger partial charge in [0.1, 0.15) is 0 Å². The van der Waals surface area contributed by atoms with Crippen molar-refractivity contribution in [2.24, 2.45) is 30.5 Å². The van der Waals surface area contributed by atoms with Gasteiger partial charge in [-0.05, 0) is 56.9 Å². The molecule has 1 aromatic heterocycles. The van der Waals surface area contributed by atoms with E-state index < -0.39 is 0 Å². The van der Waals surface area contributed by atoms with Crippen LogP contribution in [0.3, 0.4) is 0 Å². The van der Waals surface area contributed by atoms with Crippen molar-refractivity contribution < 1.29 is 4.74 Å². The lowest BCUT2D eigenvalue weighted by Gasteiger charge is -2.22. The monoisotopic (exact) mass is 292 g/mol. The first kappa shape index (κ1) is 14.9. The highest BCUT2D eigenvalue weighted by atomic mass is 16.5. The molecule has 1 atom stereocenters. The van der Waals surface area contributed by atoms with Gasteiger partial charge < -0.3 is 15.8 Å². The molecule has 1 unspecified atom stereocenters. The predicted octanol–water partition coefficient (Wildman–Crippen LogP) is 1.76. The minimum Gasteiger partial charge on any atom is -0.481 e. The van der Waals surface area contributed by atoms with Crippen LogP contribution in [-0.4, -0.2) is 30.0 Å². The van der Waals surface area contributed by atoms with Gasteiger partial charge in [0.2, 0.25) is 5.88 Å². The van der Waals surface area contributed by atoms with Crippen molar-refractivity contribution in [3.63, 3.8) is 0 Å². The Morgan fingerprint density at radius 1 is 1.33 bits per heavy atom. The fourth-order valence-electron chi connectivity index (χ4n) is 3.65. The normalized spacial score (nSPS) is 20.0. The van der Waals surface area contributed by atoms with Crippen LogP contribution in [0.15, 0.2) is 0 Å². The minimum atomic E-state index is 0.133. The van der Waals surface area contributed by atoms with Crippen LogP contribution in [0.2, 0.25) is 0 Å². The van der Waals surface area contributed by atoms with Gasteiger partial charge in [-0.3, -0.25) is 0 Å². The largest absolute Gasteiger partial charge is 0.481 e. The zero-order valence-corrected chi connectivity index (χ0v) is 13.4. The maximum absolute atomic E-state index is 6.02. The van der Waals surface area contributed by atoms with E-state index in [0.717, 1.165) is 41.4 Å². The topological polar surface area (TPSA) is 65.1 Å². The number of methoxy groups -OCH3 is 1. The summed E-state index contributed by atoms with van der Waals surface area (Å²) in [5, 5.41) is 8.17. The van der Waals surface area contributed by atoms with E-state index in [-0.39, 0.29) is 6.04 Å². The summed E-state index contributed by atoms with van der Waals surface area (Å²) < 4.78 is 7.31. The number of aryl methyl sites for hydroxylation is 2. The second kappa shape index (κ2) is 5.97. The summed E-state index contributed by atoms with van der Waals surface area (Å²) in [6, 6.07) is 0.133. The van der Waals surface area contributed by atoms with Gasteiger partial charge in [-0.15, -0.1) is 0 Å². The fourth-order valence-corrected chi connectivity index (χ4v) is 3.65. The third kappa shape index (κ3) is 3.09. The van der Waals surface area contributed by atoms with Crippen molar-refractivity contribution in [2.75, 3.05) is 20.2 Å². The predicted molar refractivity (Wildman–Crippen MR) is 83.2 cm³/mol. The number of nitrogens with zero attached hydrogens (tertiary/aromatic N) is 2. The van der Waals surface area contributed by atoms with Crippen LogP contribution in [0.5, 0.6) is 5.88 Å². The second-order valence-electron chi connectivity index (χ2n) is 6.67. The molecule has 118 valence electrons. The molecule has 0 aromatic carbocycles. The van der Waals surface area contributed by atoms with Crippen LogP contribution in [0.4, 0.5) is 0 Å². The average Bonchev–Trinajstić information content (AvgIpc) is 3.35. The summed E-state index contributed by atoms with van der Waals surface area (Å²) in [5.41, 5.74) is 8.15. The van der Waals surface area contributed by atoms with Crippen LogP contribution in [-0.2, 0) is 7.05 Å². The first-order valence-corrected chi connectivity index (χ1v) is 8.16. The zero-order chi connectivity index (χ0) is 15.0. The molecule has 0 aliphatic heterocycles. The van der Waals surface area contributed by atoms with E-state index in [9.17, 15) is 0 Å². The highest BCUT2D eigenvalue weighted by Crippen LogP contribution is 2.49. The lowest BCUT2D eigenvalue weighted by Crippen LogP contribution is -2.34. The summed E-state index contributed by atoms with van der Waals surface area (Å²) in [6.07, 6.45) is 5.69. The maximum Gasteiger partial charge on any atom is 0.216 e. The highest BCUT2D eigenvalue weighted by molar-refractivity contribution is 5.34. The molecule has 0 radical (unpaired) electrons. The van der Waals surface area contributed by atoms with E-state index in [4.69, 9.17) is 10.5 Å². The van der Waals surface area contributed by atoms with Crippen LogP contribution in [0, 0.1) is 24.7 Å². The molecule has 0 spiro atoms. The number of rotatable bonds is 8. The smallest absolute Gasteiger partial charge is 0.216 e. The SMILES string of the molecule is COc1c(C(CN)NCC(C2CC2)C2CC2)c(C)nn1C. The molecule has 3 rings (SSSR count). The Morgan fingerprint density at radius 2 is 1.95 bits per heavy atom. The molecular weight excluding hydrogens is 264 g/mol. The molecular formula is C16H28N4O. The summed E-state index contributed by atoms with van der Waals surface area (Å²) in [5.74, 6) is 3.59. The Morgan fingerprint density at radius 3 is 2.43 bits per heavy atom. The molecule has 21 heavy (non-hydrogen) atoms. The van der Waals surface area contributed by atoms with Crippen molar-refractivity contribution in [3.8, 4) is 5.88 Å². The standard InChI is InChI=1S/C16H28N4O/c1-10-15(16(21-3)20(2)19-10)14(8-17)18-9-13(11-4-5-11)12-6-7-12/h11-14,18H,4-9,17H2,1-3H3. The van der Waals surface area contributed by atoms with Crippen molar-refractivity contribution in [1.82, 2.24) is 15.1 Å². The van der Waals surface area contributed by atoms with Gasteiger partial charge in [0, 0.05) is 13.6 Å². The Labute approximate surface area is 127 Å². The number of hydrogen-bond donors (Lipinski definition) is 2. The third-order valence-electron chi connectivity index (χ3n) is 5.05. The highest BCUT2D eigenvalue weighted by Gasteiger charge is 2.41. The lowest BCUT2D eigenvalue weighted by molar-refractivity contribution is 0.341. The quantitative estimate of drug-likeness (QED) is 0.766. The summed E-state index contributed by atoms with van der Waals surface area (Å²) in [6.45, 7) is 3.68. The Balaban J connectivity index is 1.69. The van der Waals surface area contributed by atoms with E-state index in [1.54, 1.807) is 11.8 Å². The van der Waals surface area contributed by atoms with Gasteiger partial charge in [0.25, 0.3) is 0 Å². The lowest BCUT2D eigenvalue weighted by atomic mass is 9.97. The number of hydrogen-bond acceptors (Lipinski definition) is 4. The Bertz CT molecular complexity index is 479. The van der Waals surface area contributed by atoms with Gasteiger partial charge in [0.05, 0.1) is 24.4 Å². The van der Waals surface area contributed by atoms with Crippen molar-refractivity contribution in [1.29, 1.82) is 0 Å². The molecule has 1 aromatic rings. The summed E-state index contributed by atoms with van der Waals surface area (Å²) in [4.78, 5) is 0. The second-order valence-corrected chi connectivity index (χ2v) is 6.67. The third-order valence-corrected chi connectivity index (χ3v) is 5.05. The molecule has 0 bridgehead atoms. The first-order valence-electron chi connectivity index (χ1n) is 8.16. The van der Waals surface area contributed by atoms with E-state index in [0.29, 0.717) is 6.54 Å². The summed E-state index contributed by atoms with van der Waals surface area (Å²) in [7, 11) is 3.62. The number of aromatic nitrogens is 2. The van der Waals surface area contributed by atoms with Gasteiger partial charge >= 0.3 is 0 Å². The van der Waals surface area contributed by atoms with E-state index in [1.807, 2.05) is 14.0 Å². The summed E-state index contributed by atoms with van der Waals surface area (Å²) >= 11 is 0. The van der Waals surface area contributed by atoms with Crippen molar-refractivity contribution >= 4 is 0 Å². The first-order chi connectivity index (χ1) is 10.2. The molecule has 1 heterocycles. The van der Waals surface area contributed by atoms with Crippen LogP contribution in [0.1, 0.15) is 43.0 Å². The van der Waals surface area contributed by atoms with Gasteiger partial charge in [0.15, 0.2) is 0 Å². The molecule has 5 heteroatoms. The number of ether oxygens (including phenoxy) is 1. The van der Waals surface area contributed by atoms with Gasteiger partial charge in [-0.1, -0.05) is 0 Å². The molecule has 2 aliphatic rings. The fraction of sp³-hybridized carbons (Fsp3) is 0.812. The van der Waals surface area contributed by atoms with Gasteiger partial charge in [-0.25, -0.2) is 4.68 Å². The number of nitrogens with two attached hydrogens (primary N) is 1. The molecule has 2 saturated carbocycles. The molecule has 2 fully saturated rings. The van der Waals surface area contributed by atoms with Crippen LogP contribution in [0.25, 0.3) is 0 Å². The van der Waals surface area contributed by atoms with E-state index in [1.165, 1.54) is 25.7 Å². The van der Waals surface area contributed by atoms with Crippen LogP contribution >= 0.6 is 0 Å². The van der Waals surface area contributed by atoms with Crippen molar-refractivity contribution in [3.05, 3.63) is 11.3 Å². The van der Waals surface area contributed by atoms with Crippen LogP contribution < -0.4 is 15.8 Å². The zero-order valence-electron chi connectivity index (χ0n) is 13.4. The van der Waals surface area contributed by atoms with E-state index >= 15 is 0 Å².